The number of likely N-dealkylation sites (N-methyl/N-ethyl adjacent to an activating group) is 2. The minimum absolute atomic E-state index is 0.00767. The molecule has 94 heavy (non-hydrogen) atoms. The number of amides is 6. The molecule has 1 aromatic carbocycles. The number of carboxylic acid groups (broad SMARTS) is 1. The number of hydrogen-bond donors (Lipinski definition) is 7. The number of hydrogen-bond acceptors (Lipinski definition) is 24. The van der Waals surface area contributed by atoms with Gasteiger partial charge in [-0.25, -0.2) is 34.9 Å². The van der Waals surface area contributed by atoms with Gasteiger partial charge in [-0.1, -0.05) is 39.8 Å². The molecule has 2 aliphatic heterocycles. The first kappa shape index (κ1) is 67.5. The molecule has 25 nitrogen and oxygen atoms in total. The van der Waals surface area contributed by atoms with Gasteiger partial charge >= 0.3 is 5.97 Å². The summed E-state index contributed by atoms with van der Waals surface area (Å²) in [6.07, 6.45) is 0.781. The van der Waals surface area contributed by atoms with E-state index in [1.165, 1.54) is 45.3 Å². The highest BCUT2D eigenvalue weighted by atomic mass is 32.1. The molecule has 2 fully saturated rings. The first-order chi connectivity index (χ1) is 45.3. The molecule has 0 spiro atoms. The topological polar surface area (TPSA) is 343 Å². The Morgan fingerprint density at radius 2 is 1.35 bits per heavy atom. The molecule has 9 heterocycles. The van der Waals surface area contributed by atoms with Crippen LogP contribution < -0.4 is 31.7 Å². The standard InChI is InChI=1S/C63H71N15O10S6/c1-6-76(7-2)19-20-77(8-3)21-22-88-37-15-9-34(10-16-37)23-41-62(85)78-26-47(79)32(4)52(78)61-74-46(31-93-61)59-71-42(27-91-59)51-38(17-18-39(68-51)58-73-44(30-92-58)53(81)66-36-13-11-35(12-14-36)63(86)87)57-72-45(29-90-57)55(83)69-40(24-48(64)80)60-75-50(33(5)94-60)56(84)65-25-49-67-43(28-89-49)54(82)70-41/h9-10,15-18,27-32,35-36,40-41,47,52,79H,6-8,11-14,19-26H2,1-5H3,(H2,64,80)(H,65,84)(H,66,81)(H,69,83)(H,70,82)(H,86,87)/t32-,35?,36?,40-,41-,47-,52-/m0/s1. The lowest BCUT2D eigenvalue weighted by molar-refractivity contribution is -0.143. The van der Waals surface area contributed by atoms with Crippen LogP contribution in [0.5, 0.6) is 5.75 Å². The van der Waals surface area contributed by atoms with Gasteiger partial charge in [-0.15, -0.1) is 68.0 Å². The Bertz CT molecular complexity index is 4060. The molecule has 8 aromatic rings. The molecular formula is C63H71N15O10S6. The molecule has 11 rings (SSSR count). The van der Waals surface area contributed by atoms with Crippen LogP contribution in [0.3, 0.4) is 0 Å². The molecule has 494 valence electrons. The minimum atomic E-state index is -1.15. The van der Waals surface area contributed by atoms with Crippen molar-refractivity contribution in [2.75, 3.05) is 52.4 Å². The summed E-state index contributed by atoms with van der Waals surface area (Å²) in [7, 11) is 0. The molecule has 0 unspecified atom stereocenters. The summed E-state index contributed by atoms with van der Waals surface area (Å²) in [5, 5.41) is 43.6. The van der Waals surface area contributed by atoms with Gasteiger partial charge in [0.05, 0.1) is 42.8 Å². The normalized spacial score (nSPS) is 20.3. The Balaban J connectivity index is 0.915. The molecular weight excluding hydrogens is 1320 g/mol. The van der Waals surface area contributed by atoms with Crippen molar-refractivity contribution >= 4 is 109 Å². The van der Waals surface area contributed by atoms with E-state index in [1.807, 2.05) is 41.9 Å². The molecule has 5 atom stereocenters. The Kier molecular flexibility index (Phi) is 21.7. The van der Waals surface area contributed by atoms with Gasteiger partial charge in [-0.05, 0) is 82.1 Å². The molecule has 1 saturated heterocycles. The summed E-state index contributed by atoms with van der Waals surface area (Å²) in [4.78, 5) is 136. The first-order valence-electron chi connectivity index (χ1n) is 31.0. The van der Waals surface area contributed by atoms with Crippen LogP contribution in [0.15, 0.2) is 63.3 Å². The molecule has 3 aliphatic rings. The molecule has 6 amide bonds. The van der Waals surface area contributed by atoms with E-state index in [4.69, 9.17) is 30.4 Å². The van der Waals surface area contributed by atoms with Crippen LogP contribution in [-0.2, 0) is 27.3 Å². The fraction of sp³-hybridized carbons (Fsp3) is 0.429. The van der Waals surface area contributed by atoms with Crippen LogP contribution in [0.4, 0.5) is 0 Å². The predicted octanol–water partition coefficient (Wildman–Crippen LogP) is 7.72. The highest BCUT2D eigenvalue weighted by Gasteiger charge is 2.45. The van der Waals surface area contributed by atoms with Gasteiger partial charge in [0.1, 0.15) is 88.3 Å². The highest BCUT2D eigenvalue weighted by Crippen LogP contribution is 2.43. The third kappa shape index (κ3) is 15.7. The molecule has 0 radical (unpaired) electrons. The molecule has 1 aliphatic carbocycles. The molecule has 1 saturated carbocycles. The van der Waals surface area contributed by atoms with Crippen LogP contribution in [0, 0.1) is 18.8 Å². The van der Waals surface area contributed by atoms with Gasteiger partial charge in [0.25, 0.3) is 23.6 Å². The van der Waals surface area contributed by atoms with Gasteiger partial charge in [0, 0.05) is 81.9 Å². The Hall–Kier alpha value is -7.88. The maximum atomic E-state index is 15.3. The number of ether oxygens (including phenoxy) is 1. The van der Waals surface area contributed by atoms with E-state index in [1.54, 1.807) is 40.1 Å². The van der Waals surface area contributed by atoms with E-state index >= 15 is 4.79 Å². The fourth-order valence-electron chi connectivity index (χ4n) is 11.5. The largest absolute Gasteiger partial charge is 0.492 e. The van der Waals surface area contributed by atoms with Gasteiger partial charge in [0.15, 0.2) is 0 Å². The number of primary amides is 1. The zero-order chi connectivity index (χ0) is 66.3. The number of carbonyl (C=O) groups is 7. The van der Waals surface area contributed by atoms with Crippen LogP contribution in [0.25, 0.3) is 43.4 Å². The average Bonchev–Trinajstić information content (AvgIpc) is 1.61. The number of aliphatic hydroxyl groups is 1. The number of pyridine rings is 1. The van der Waals surface area contributed by atoms with E-state index in [9.17, 15) is 39.0 Å². The second-order valence-corrected chi connectivity index (χ2v) is 28.8. The smallest absolute Gasteiger partial charge is 0.306 e. The lowest BCUT2D eigenvalue weighted by Crippen LogP contribution is -2.50. The molecule has 10 bridgehead atoms. The van der Waals surface area contributed by atoms with E-state index < -0.39 is 71.6 Å². The van der Waals surface area contributed by atoms with Gasteiger partial charge in [-0.3, -0.25) is 38.5 Å². The zero-order valence-corrected chi connectivity index (χ0v) is 57.1. The van der Waals surface area contributed by atoms with Gasteiger partial charge < -0.3 is 51.8 Å². The van der Waals surface area contributed by atoms with E-state index in [2.05, 4.69) is 66.8 Å². The van der Waals surface area contributed by atoms with E-state index in [-0.39, 0.29) is 65.7 Å². The summed E-state index contributed by atoms with van der Waals surface area (Å²) in [6.45, 7) is 15.9. The minimum Gasteiger partial charge on any atom is -0.492 e. The second-order valence-electron chi connectivity index (χ2n) is 23.1. The lowest BCUT2D eigenvalue weighted by atomic mass is 9.86. The molecule has 8 N–H and O–H groups in total. The number of nitrogens with one attached hydrogen (secondary N) is 4. The second kappa shape index (κ2) is 30.2. The number of nitrogens with zero attached hydrogens (tertiary/aromatic N) is 10. The Labute approximate surface area is 565 Å². The third-order valence-electron chi connectivity index (χ3n) is 17.0. The number of aromatic nitrogens is 7. The van der Waals surface area contributed by atoms with Crippen LogP contribution in [0.2, 0.25) is 0 Å². The van der Waals surface area contributed by atoms with Crippen molar-refractivity contribution in [1.82, 2.24) is 70.9 Å². The van der Waals surface area contributed by atoms with Crippen molar-refractivity contribution in [2.24, 2.45) is 17.6 Å². The summed E-state index contributed by atoms with van der Waals surface area (Å²) >= 11 is 7.23. The summed E-state index contributed by atoms with van der Waals surface area (Å²) in [5.41, 5.74) is 8.89. The molecule has 7 aromatic heterocycles. The number of aliphatic carboxylic acids is 1. The maximum absolute atomic E-state index is 15.3. The predicted molar refractivity (Wildman–Crippen MR) is 360 cm³/mol. The number of nitrogens with two attached hydrogens (primary N) is 1. The lowest BCUT2D eigenvalue weighted by Gasteiger charge is -2.29. The number of benzene rings is 1. The summed E-state index contributed by atoms with van der Waals surface area (Å²) < 4.78 is 6.20. The Morgan fingerprint density at radius 1 is 0.691 bits per heavy atom. The molecule has 31 heteroatoms. The number of carbonyl (C=O) groups excluding carboxylic acids is 6. The SMILES string of the molecule is CCN(CC)CCN(CC)CCOc1ccc(C[C@@H]2NC(=O)c3csc(n3)CNC(=O)c3nc(sc3C)[C@H](CC(N)=O)NC(=O)c3csc(n3)-c3ccc(-c4nc(C(=O)NC5CCC(C(=O)O)CC5)cs4)nc3-c3csc(n3)-c3csc(n3)[C@@H]3[C@@H](C)[C@@H](O)CN3C2=O)cc1. The summed E-state index contributed by atoms with van der Waals surface area (Å²) in [6, 6.07) is 7.85. The average molecular weight is 1390 g/mol. The fourth-order valence-corrected chi connectivity index (χ4v) is 16.7. The maximum Gasteiger partial charge on any atom is 0.306 e. The van der Waals surface area contributed by atoms with E-state index in [0.717, 1.165) is 67.5 Å². The number of carboxylic acids is 1. The number of thiazole rings is 6. The van der Waals surface area contributed by atoms with Crippen molar-refractivity contribution in [1.29, 1.82) is 0 Å². The van der Waals surface area contributed by atoms with Crippen LogP contribution in [0.1, 0.15) is 139 Å². The number of rotatable bonds is 18. The third-order valence-corrected chi connectivity index (χ3v) is 22.5. The zero-order valence-electron chi connectivity index (χ0n) is 52.2. The van der Waals surface area contributed by atoms with Crippen LogP contribution in [-0.4, -0.2) is 172 Å². The van der Waals surface area contributed by atoms with Crippen molar-refractivity contribution in [3.8, 4) is 49.1 Å². The van der Waals surface area contributed by atoms with Crippen LogP contribution >= 0.6 is 68.0 Å². The van der Waals surface area contributed by atoms with Gasteiger partial charge in [-0.2, -0.15) is 0 Å². The van der Waals surface area contributed by atoms with Gasteiger partial charge in [0.2, 0.25) is 11.8 Å². The summed E-state index contributed by atoms with van der Waals surface area (Å²) in [5.74, 6) is -4.51. The quantitative estimate of drug-likeness (QED) is 0.0432. The monoisotopic (exact) mass is 1390 g/mol. The number of aliphatic hydroxyl groups excluding tert-OH is 1. The van der Waals surface area contributed by atoms with E-state index in [0.29, 0.717) is 96.3 Å². The van der Waals surface area contributed by atoms with Crippen molar-refractivity contribution < 1.29 is 48.5 Å². The Morgan fingerprint density at radius 3 is 2.09 bits per heavy atom. The van der Waals surface area contributed by atoms with Crippen molar-refractivity contribution in [3.63, 3.8) is 0 Å². The number of fused-ring (bicyclic) bond motifs is 16. The highest BCUT2D eigenvalue weighted by molar-refractivity contribution is 7.15. The first-order valence-corrected chi connectivity index (χ1v) is 36.2. The van der Waals surface area contributed by atoms with Crippen molar-refractivity contribution in [3.05, 3.63) is 112 Å². The number of aryl methyl sites for hydroxylation is 1. The van der Waals surface area contributed by atoms with Crippen molar-refractivity contribution in [2.45, 2.75) is 110 Å².